The summed E-state index contributed by atoms with van der Waals surface area (Å²) in [4.78, 5) is 12.8. The number of hydrogen-bond acceptors (Lipinski definition) is 3. The van der Waals surface area contributed by atoms with Gasteiger partial charge in [0.1, 0.15) is 5.75 Å². The third kappa shape index (κ3) is 2.59. The van der Waals surface area contributed by atoms with Crippen LogP contribution in [0.25, 0.3) is 0 Å². The van der Waals surface area contributed by atoms with Gasteiger partial charge in [0.05, 0.1) is 12.8 Å². The predicted octanol–water partition coefficient (Wildman–Crippen LogP) is 2.13. The molecular weight excluding hydrogens is 190 g/mol. The Balaban J connectivity index is 3.10. The number of ether oxygens (including phenoxy) is 1. The monoisotopic (exact) mass is 205 g/mol. The van der Waals surface area contributed by atoms with Crippen LogP contribution in [0.4, 0.5) is 5.69 Å². The number of carbonyl (C=O) groups is 1. The van der Waals surface area contributed by atoms with E-state index in [1.54, 1.807) is 25.3 Å². The Morgan fingerprint density at radius 2 is 2.27 bits per heavy atom. The molecule has 15 heavy (non-hydrogen) atoms. The highest BCUT2D eigenvalue weighted by Crippen LogP contribution is 2.24. The number of hydrogen-bond donors (Lipinski definition) is 0. The van der Waals surface area contributed by atoms with Gasteiger partial charge in [-0.3, -0.25) is 4.79 Å². The van der Waals surface area contributed by atoms with E-state index in [2.05, 4.69) is 6.58 Å². The first kappa shape index (κ1) is 11.3. The summed E-state index contributed by atoms with van der Waals surface area (Å²) in [6.45, 7) is 4.35. The number of aldehydes is 1. The lowest BCUT2D eigenvalue weighted by atomic mass is 10.1. The van der Waals surface area contributed by atoms with Crippen molar-refractivity contribution in [1.82, 2.24) is 0 Å². The van der Waals surface area contributed by atoms with E-state index < -0.39 is 0 Å². The maximum atomic E-state index is 10.8. The van der Waals surface area contributed by atoms with Gasteiger partial charge in [-0.05, 0) is 12.1 Å². The zero-order valence-electron chi connectivity index (χ0n) is 9.06. The molecule has 1 rings (SSSR count). The topological polar surface area (TPSA) is 29.5 Å². The van der Waals surface area contributed by atoms with Crippen LogP contribution >= 0.6 is 0 Å². The van der Waals surface area contributed by atoms with E-state index in [0.29, 0.717) is 12.1 Å². The molecule has 0 aliphatic heterocycles. The summed E-state index contributed by atoms with van der Waals surface area (Å²) < 4.78 is 5.11. The third-order valence-corrected chi connectivity index (χ3v) is 2.18. The van der Waals surface area contributed by atoms with Crippen molar-refractivity contribution in [3.63, 3.8) is 0 Å². The second-order valence-corrected chi connectivity index (χ2v) is 3.21. The maximum absolute atomic E-state index is 10.8. The van der Waals surface area contributed by atoms with Gasteiger partial charge in [-0.15, -0.1) is 6.58 Å². The van der Waals surface area contributed by atoms with Crippen LogP contribution in [0.2, 0.25) is 0 Å². The highest BCUT2D eigenvalue weighted by atomic mass is 16.5. The van der Waals surface area contributed by atoms with Gasteiger partial charge in [-0.2, -0.15) is 0 Å². The fraction of sp³-hybridized carbons (Fsp3) is 0.250. The van der Waals surface area contributed by atoms with Crippen LogP contribution in [0.5, 0.6) is 5.75 Å². The van der Waals surface area contributed by atoms with Gasteiger partial charge in [0.15, 0.2) is 6.29 Å². The second kappa shape index (κ2) is 5.20. The highest BCUT2D eigenvalue weighted by Gasteiger charge is 2.07. The van der Waals surface area contributed by atoms with Crippen molar-refractivity contribution >= 4 is 12.0 Å². The Morgan fingerprint density at radius 3 is 2.80 bits per heavy atom. The van der Waals surface area contributed by atoms with E-state index in [4.69, 9.17) is 4.74 Å². The van der Waals surface area contributed by atoms with Gasteiger partial charge in [-0.1, -0.05) is 6.08 Å². The zero-order valence-corrected chi connectivity index (χ0v) is 9.06. The van der Waals surface area contributed by atoms with E-state index in [-0.39, 0.29) is 0 Å². The molecule has 1 aromatic rings. The van der Waals surface area contributed by atoms with E-state index in [1.807, 2.05) is 18.0 Å². The van der Waals surface area contributed by atoms with E-state index >= 15 is 0 Å². The van der Waals surface area contributed by atoms with Gasteiger partial charge < -0.3 is 9.64 Å². The van der Waals surface area contributed by atoms with Crippen LogP contribution in [-0.4, -0.2) is 27.0 Å². The molecule has 3 nitrogen and oxygen atoms in total. The first-order valence-corrected chi connectivity index (χ1v) is 4.68. The molecule has 0 aliphatic carbocycles. The Kier molecular flexibility index (Phi) is 3.92. The average molecular weight is 205 g/mol. The van der Waals surface area contributed by atoms with Gasteiger partial charge in [0.25, 0.3) is 0 Å². The van der Waals surface area contributed by atoms with Crippen molar-refractivity contribution in [3.05, 3.63) is 36.4 Å². The van der Waals surface area contributed by atoms with Crippen LogP contribution in [0.1, 0.15) is 10.4 Å². The van der Waals surface area contributed by atoms with Crippen molar-refractivity contribution < 1.29 is 9.53 Å². The molecule has 0 atom stereocenters. The number of carbonyl (C=O) groups excluding carboxylic acids is 1. The van der Waals surface area contributed by atoms with Gasteiger partial charge in [0, 0.05) is 25.2 Å². The lowest BCUT2D eigenvalue weighted by molar-refractivity contribution is 0.112. The lowest BCUT2D eigenvalue weighted by Crippen LogP contribution is -2.18. The summed E-state index contributed by atoms with van der Waals surface area (Å²) in [5.41, 5.74) is 1.50. The first-order chi connectivity index (χ1) is 7.22. The minimum atomic E-state index is 0.653. The van der Waals surface area contributed by atoms with Crippen molar-refractivity contribution in [2.24, 2.45) is 0 Å². The Hall–Kier alpha value is -1.77. The highest BCUT2D eigenvalue weighted by molar-refractivity contribution is 5.85. The minimum Gasteiger partial charge on any atom is -0.497 e. The number of methoxy groups -OCH3 is 1. The third-order valence-electron chi connectivity index (χ3n) is 2.18. The van der Waals surface area contributed by atoms with E-state index in [1.165, 1.54) is 0 Å². The van der Waals surface area contributed by atoms with Crippen molar-refractivity contribution in [1.29, 1.82) is 0 Å². The Labute approximate surface area is 90.0 Å². The molecule has 0 bridgehead atoms. The van der Waals surface area contributed by atoms with Gasteiger partial charge in [0.2, 0.25) is 0 Å². The van der Waals surface area contributed by atoms with Crippen LogP contribution in [-0.2, 0) is 0 Å². The molecule has 0 aromatic heterocycles. The molecule has 0 unspecified atom stereocenters. The van der Waals surface area contributed by atoms with Crippen LogP contribution in [0.3, 0.4) is 0 Å². The number of likely N-dealkylation sites (N-methyl/N-ethyl adjacent to an activating group) is 1. The number of nitrogens with zero attached hydrogens (tertiary/aromatic N) is 1. The van der Waals surface area contributed by atoms with Crippen molar-refractivity contribution in [2.45, 2.75) is 0 Å². The molecule has 3 heteroatoms. The Bertz CT molecular complexity index is 361. The molecule has 1 aromatic carbocycles. The predicted molar refractivity (Wildman–Crippen MR) is 61.8 cm³/mol. The smallest absolute Gasteiger partial charge is 0.152 e. The average Bonchev–Trinajstić information content (AvgIpc) is 2.28. The molecule has 0 saturated carbocycles. The standard InChI is InChI=1S/C12H15NO2/c1-4-7-13(2)12-8-11(15-3)6-5-10(12)9-14/h4-6,8-9H,1,7H2,2-3H3. The maximum Gasteiger partial charge on any atom is 0.152 e. The molecule has 0 N–H and O–H groups in total. The number of rotatable bonds is 5. The Morgan fingerprint density at radius 1 is 1.53 bits per heavy atom. The molecule has 0 fully saturated rings. The quantitative estimate of drug-likeness (QED) is 0.544. The SMILES string of the molecule is C=CCN(C)c1cc(OC)ccc1C=O. The van der Waals surface area contributed by atoms with Crippen LogP contribution in [0, 0.1) is 0 Å². The fourth-order valence-corrected chi connectivity index (χ4v) is 1.37. The van der Waals surface area contributed by atoms with Gasteiger partial charge >= 0.3 is 0 Å². The van der Waals surface area contributed by atoms with Gasteiger partial charge in [-0.25, -0.2) is 0 Å². The molecule has 0 heterocycles. The molecule has 80 valence electrons. The number of anilines is 1. The molecule has 0 saturated heterocycles. The minimum absolute atomic E-state index is 0.653. The molecular formula is C12H15NO2. The largest absolute Gasteiger partial charge is 0.497 e. The summed E-state index contributed by atoms with van der Waals surface area (Å²) >= 11 is 0. The van der Waals surface area contributed by atoms with Crippen molar-refractivity contribution in [3.8, 4) is 5.75 Å². The summed E-state index contributed by atoms with van der Waals surface area (Å²) in [6, 6.07) is 5.36. The van der Waals surface area contributed by atoms with Crippen LogP contribution in [0.15, 0.2) is 30.9 Å². The molecule has 0 radical (unpaired) electrons. The fourth-order valence-electron chi connectivity index (χ4n) is 1.37. The summed E-state index contributed by atoms with van der Waals surface area (Å²) in [5, 5.41) is 0. The zero-order chi connectivity index (χ0) is 11.3. The lowest BCUT2D eigenvalue weighted by Gasteiger charge is -2.19. The summed E-state index contributed by atoms with van der Waals surface area (Å²) in [7, 11) is 3.51. The number of benzene rings is 1. The van der Waals surface area contributed by atoms with E-state index in [9.17, 15) is 4.79 Å². The normalized spacial score (nSPS) is 9.47. The summed E-state index contributed by atoms with van der Waals surface area (Å²) in [5.74, 6) is 0.742. The van der Waals surface area contributed by atoms with Crippen LogP contribution < -0.4 is 9.64 Å². The summed E-state index contributed by atoms with van der Waals surface area (Å²) in [6.07, 6.45) is 2.63. The molecule has 0 spiro atoms. The molecule has 0 amide bonds. The molecule has 0 aliphatic rings. The second-order valence-electron chi connectivity index (χ2n) is 3.21. The van der Waals surface area contributed by atoms with Crippen molar-refractivity contribution in [2.75, 3.05) is 25.6 Å². The van der Waals surface area contributed by atoms with E-state index in [0.717, 1.165) is 17.7 Å². The first-order valence-electron chi connectivity index (χ1n) is 4.68.